The number of rotatable bonds is 5. The zero-order valence-corrected chi connectivity index (χ0v) is 17.3. The van der Waals surface area contributed by atoms with Crippen molar-refractivity contribution in [2.75, 3.05) is 19.0 Å². The van der Waals surface area contributed by atoms with E-state index in [9.17, 15) is 4.79 Å². The van der Waals surface area contributed by atoms with E-state index in [1.54, 1.807) is 6.20 Å². The van der Waals surface area contributed by atoms with Crippen LogP contribution in [-0.2, 0) is 7.05 Å². The molecular weight excluding hydrogens is 372 g/mol. The molecule has 0 aliphatic rings. The molecule has 2 aromatic carbocycles. The van der Waals surface area contributed by atoms with Crippen LogP contribution in [0.15, 0.2) is 79.8 Å². The molecule has 0 radical (unpaired) electrons. The highest BCUT2D eigenvalue weighted by Gasteiger charge is 2.17. The summed E-state index contributed by atoms with van der Waals surface area (Å²) in [5.74, 6) is -0.145. The van der Waals surface area contributed by atoms with E-state index in [4.69, 9.17) is 0 Å². The summed E-state index contributed by atoms with van der Waals surface area (Å²) in [6.07, 6.45) is 4.55. The van der Waals surface area contributed by atoms with Crippen molar-refractivity contribution in [2.24, 2.45) is 7.05 Å². The molecule has 0 saturated heterocycles. The molecule has 4 rings (SSSR count). The summed E-state index contributed by atoms with van der Waals surface area (Å²) < 4.78 is 2.15. The Balaban J connectivity index is 1.64. The van der Waals surface area contributed by atoms with Crippen molar-refractivity contribution in [3.05, 3.63) is 102 Å². The van der Waals surface area contributed by atoms with E-state index in [2.05, 4.69) is 56.3 Å². The summed E-state index contributed by atoms with van der Waals surface area (Å²) >= 11 is 0. The van der Waals surface area contributed by atoms with Crippen LogP contribution in [0, 0.1) is 0 Å². The van der Waals surface area contributed by atoms with Crippen LogP contribution in [0.2, 0.25) is 0 Å². The molecule has 5 heteroatoms. The third-order valence-corrected chi connectivity index (χ3v) is 5.27. The molecule has 148 valence electrons. The molecule has 0 bridgehead atoms. The number of aromatic nitrogens is 3. The lowest BCUT2D eigenvalue weighted by Crippen LogP contribution is -2.34. The molecule has 0 saturated carbocycles. The SMILES string of the molecule is C=C(c1ccc(C(=O)c2cnccn2)cc1)c1ccc2cc(N(C)C)ccc2[n+]1C. The van der Waals surface area contributed by atoms with Gasteiger partial charge in [-0.2, -0.15) is 4.57 Å². The van der Waals surface area contributed by atoms with Crippen molar-refractivity contribution in [2.45, 2.75) is 0 Å². The number of hydrogen-bond acceptors (Lipinski definition) is 4. The predicted molar refractivity (Wildman–Crippen MR) is 119 cm³/mol. The monoisotopic (exact) mass is 395 g/mol. The average Bonchev–Trinajstić information content (AvgIpc) is 2.79. The number of hydrogen-bond donors (Lipinski definition) is 0. The maximum atomic E-state index is 12.5. The molecular formula is C25H23N4O+. The fraction of sp³-hybridized carbons (Fsp3) is 0.120. The van der Waals surface area contributed by atoms with Gasteiger partial charge in [-0.15, -0.1) is 0 Å². The van der Waals surface area contributed by atoms with Crippen molar-refractivity contribution in [1.29, 1.82) is 0 Å². The number of benzene rings is 2. The second-order valence-corrected chi connectivity index (χ2v) is 7.39. The van der Waals surface area contributed by atoms with Gasteiger partial charge < -0.3 is 4.90 Å². The van der Waals surface area contributed by atoms with Crippen LogP contribution in [0.3, 0.4) is 0 Å². The van der Waals surface area contributed by atoms with E-state index >= 15 is 0 Å². The minimum atomic E-state index is -0.145. The summed E-state index contributed by atoms with van der Waals surface area (Å²) in [6.45, 7) is 4.30. The van der Waals surface area contributed by atoms with Gasteiger partial charge in [0.15, 0.2) is 0 Å². The minimum absolute atomic E-state index is 0.145. The van der Waals surface area contributed by atoms with Crippen LogP contribution in [-0.4, -0.2) is 29.8 Å². The summed E-state index contributed by atoms with van der Waals surface area (Å²) in [5.41, 5.74) is 6.09. The molecule has 0 spiro atoms. The summed E-state index contributed by atoms with van der Waals surface area (Å²) in [6, 6.07) is 18.1. The Hall–Kier alpha value is -3.86. The Morgan fingerprint density at radius 2 is 1.70 bits per heavy atom. The number of ketones is 1. The average molecular weight is 395 g/mol. The predicted octanol–water partition coefficient (Wildman–Crippen LogP) is 3.81. The molecule has 0 N–H and O–H groups in total. The van der Waals surface area contributed by atoms with Gasteiger partial charge in [-0.1, -0.05) is 30.8 Å². The number of carbonyl (C=O) groups excluding carboxylic acids is 1. The first-order chi connectivity index (χ1) is 14.5. The second-order valence-electron chi connectivity index (χ2n) is 7.39. The number of fused-ring (bicyclic) bond motifs is 1. The van der Waals surface area contributed by atoms with E-state index in [1.807, 2.05) is 45.4 Å². The zero-order valence-electron chi connectivity index (χ0n) is 17.3. The van der Waals surface area contributed by atoms with E-state index in [0.717, 1.165) is 28.0 Å². The second kappa shape index (κ2) is 7.87. The Bertz CT molecular complexity index is 1250. The third-order valence-electron chi connectivity index (χ3n) is 5.27. The van der Waals surface area contributed by atoms with Gasteiger partial charge in [0, 0.05) is 60.8 Å². The number of anilines is 1. The fourth-order valence-corrected chi connectivity index (χ4v) is 3.51. The first-order valence-electron chi connectivity index (χ1n) is 9.66. The Morgan fingerprint density at radius 1 is 0.967 bits per heavy atom. The molecule has 30 heavy (non-hydrogen) atoms. The van der Waals surface area contributed by atoms with Crippen molar-refractivity contribution in [3.63, 3.8) is 0 Å². The van der Waals surface area contributed by atoms with Crippen LogP contribution in [0.25, 0.3) is 16.5 Å². The topological polar surface area (TPSA) is 50.0 Å². The Morgan fingerprint density at radius 3 is 2.37 bits per heavy atom. The molecule has 0 atom stereocenters. The smallest absolute Gasteiger partial charge is 0.212 e. The Labute approximate surface area is 176 Å². The number of carbonyl (C=O) groups is 1. The van der Waals surface area contributed by atoms with Crippen LogP contribution >= 0.6 is 0 Å². The molecule has 0 unspecified atom stereocenters. The van der Waals surface area contributed by atoms with Crippen molar-refractivity contribution >= 4 is 27.9 Å². The molecule has 0 aliphatic carbocycles. The lowest BCUT2D eigenvalue weighted by molar-refractivity contribution is -0.647. The normalized spacial score (nSPS) is 10.8. The molecule has 0 amide bonds. The van der Waals surface area contributed by atoms with Crippen molar-refractivity contribution < 1.29 is 9.36 Å². The van der Waals surface area contributed by atoms with Crippen LogP contribution in [0.4, 0.5) is 5.69 Å². The van der Waals surface area contributed by atoms with Crippen molar-refractivity contribution in [3.8, 4) is 0 Å². The largest absolute Gasteiger partial charge is 0.378 e. The van der Waals surface area contributed by atoms with E-state index in [0.29, 0.717) is 11.3 Å². The molecule has 4 aromatic rings. The van der Waals surface area contributed by atoms with Gasteiger partial charge in [0.1, 0.15) is 12.7 Å². The molecule has 2 heterocycles. The van der Waals surface area contributed by atoms with Gasteiger partial charge in [0.25, 0.3) is 0 Å². The van der Waals surface area contributed by atoms with Crippen LogP contribution < -0.4 is 9.47 Å². The first-order valence-corrected chi connectivity index (χ1v) is 9.66. The highest BCUT2D eigenvalue weighted by Crippen LogP contribution is 2.24. The minimum Gasteiger partial charge on any atom is -0.378 e. The number of pyridine rings is 1. The van der Waals surface area contributed by atoms with Crippen molar-refractivity contribution in [1.82, 2.24) is 9.97 Å². The van der Waals surface area contributed by atoms with E-state index in [1.165, 1.54) is 17.8 Å². The first kappa shape index (κ1) is 19.5. The lowest BCUT2D eigenvalue weighted by Gasteiger charge is -2.13. The van der Waals surface area contributed by atoms with E-state index < -0.39 is 0 Å². The van der Waals surface area contributed by atoms with Gasteiger partial charge in [-0.25, -0.2) is 4.98 Å². The molecule has 0 aliphatic heterocycles. The van der Waals surface area contributed by atoms with Gasteiger partial charge >= 0.3 is 0 Å². The highest BCUT2D eigenvalue weighted by atomic mass is 16.1. The molecule has 0 fully saturated rings. The number of aryl methyl sites for hydroxylation is 1. The summed E-state index contributed by atoms with van der Waals surface area (Å²) in [7, 11) is 6.12. The molecule has 5 nitrogen and oxygen atoms in total. The maximum absolute atomic E-state index is 12.5. The Kier molecular flexibility index (Phi) is 5.11. The van der Waals surface area contributed by atoms with Crippen LogP contribution in [0.5, 0.6) is 0 Å². The number of nitrogens with zero attached hydrogens (tertiary/aromatic N) is 4. The zero-order chi connectivity index (χ0) is 21.3. The third kappa shape index (κ3) is 3.57. The van der Waals surface area contributed by atoms with Gasteiger partial charge in [-0.05, 0) is 23.8 Å². The summed E-state index contributed by atoms with van der Waals surface area (Å²) in [4.78, 5) is 22.7. The molecule has 2 aromatic heterocycles. The van der Waals surface area contributed by atoms with Gasteiger partial charge in [0.05, 0.1) is 6.20 Å². The standard InChI is InChI=1S/C25H23N4O/c1-17(18-5-7-19(8-6-18)25(30)22-16-26-13-14-27-22)23-11-9-20-15-21(28(2)3)10-12-24(20)29(23)4/h5-16H,1H2,2-4H3/q+1. The fourth-order valence-electron chi connectivity index (χ4n) is 3.51. The maximum Gasteiger partial charge on any atom is 0.212 e. The van der Waals surface area contributed by atoms with E-state index in [-0.39, 0.29) is 5.78 Å². The lowest BCUT2D eigenvalue weighted by atomic mass is 9.99. The highest BCUT2D eigenvalue weighted by molar-refractivity contribution is 6.07. The quantitative estimate of drug-likeness (QED) is 0.381. The van der Waals surface area contributed by atoms with Gasteiger partial charge in [0.2, 0.25) is 17.0 Å². The van der Waals surface area contributed by atoms with Crippen LogP contribution in [0.1, 0.15) is 27.3 Å². The summed E-state index contributed by atoms with van der Waals surface area (Å²) in [5, 5.41) is 1.17. The van der Waals surface area contributed by atoms with Gasteiger partial charge in [-0.3, -0.25) is 9.78 Å².